The van der Waals surface area contributed by atoms with Crippen molar-refractivity contribution in [2.45, 2.75) is 33.2 Å². The normalized spacial score (nSPS) is 10.7. The quantitative estimate of drug-likeness (QED) is 0.646. The van der Waals surface area contributed by atoms with Gasteiger partial charge in [-0.25, -0.2) is 9.97 Å². The molecular weight excluding hydrogens is 308 g/mol. The first-order chi connectivity index (χ1) is 12.1. The van der Waals surface area contributed by atoms with Crippen LogP contribution >= 0.6 is 0 Å². The topological polar surface area (TPSA) is 49.8 Å². The van der Waals surface area contributed by atoms with Gasteiger partial charge in [0.15, 0.2) is 0 Å². The van der Waals surface area contributed by atoms with Gasteiger partial charge in [-0.15, -0.1) is 0 Å². The van der Waals surface area contributed by atoms with Crippen molar-refractivity contribution in [2.75, 3.05) is 10.6 Å². The van der Waals surface area contributed by atoms with E-state index < -0.39 is 0 Å². The van der Waals surface area contributed by atoms with E-state index in [1.54, 1.807) is 0 Å². The number of hydrogen-bond donors (Lipinski definition) is 2. The number of hydrogen-bond acceptors (Lipinski definition) is 4. The lowest BCUT2D eigenvalue weighted by Gasteiger charge is -2.15. The Morgan fingerprint density at radius 3 is 2.32 bits per heavy atom. The van der Waals surface area contributed by atoms with E-state index in [4.69, 9.17) is 0 Å². The van der Waals surface area contributed by atoms with E-state index in [-0.39, 0.29) is 0 Å². The highest BCUT2D eigenvalue weighted by molar-refractivity contribution is 5.63. The monoisotopic (exact) mass is 332 g/mol. The van der Waals surface area contributed by atoms with Crippen LogP contribution in [0, 0.1) is 6.92 Å². The van der Waals surface area contributed by atoms with Gasteiger partial charge in [-0.2, -0.15) is 0 Å². The van der Waals surface area contributed by atoms with E-state index >= 15 is 0 Å². The van der Waals surface area contributed by atoms with E-state index in [1.807, 2.05) is 37.3 Å². The van der Waals surface area contributed by atoms with Gasteiger partial charge < -0.3 is 10.6 Å². The molecule has 0 fully saturated rings. The van der Waals surface area contributed by atoms with Gasteiger partial charge in [0.2, 0.25) is 0 Å². The van der Waals surface area contributed by atoms with Crippen molar-refractivity contribution in [3.8, 4) is 0 Å². The molecule has 0 bridgehead atoms. The molecule has 0 spiro atoms. The predicted molar refractivity (Wildman–Crippen MR) is 104 cm³/mol. The standard InChI is InChI=1S/C21H24N4/c1-15(2)18-11-7-8-12-19(18)25-21-13-20(23-16(3)24-21)22-14-17-9-5-4-6-10-17/h4-13,15H,14H2,1-3H3,(H2,22,23,24,25). The molecule has 0 radical (unpaired) electrons. The van der Waals surface area contributed by atoms with Crippen molar-refractivity contribution in [1.29, 1.82) is 0 Å². The molecule has 0 atom stereocenters. The highest BCUT2D eigenvalue weighted by atomic mass is 15.1. The minimum absolute atomic E-state index is 0.447. The first-order valence-corrected chi connectivity index (χ1v) is 8.61. The summed E-state index contributed by atoms with van der Waals surface area (Å²) >= 11 is 0. The molecule has 1 heterocycles. The van der Waals surface area contributed by atoms with Crippen molar-refractivity contribution >= 4 is 17.3 Å². The van der Waals surface area contributed by atoms with Crippen LogP contribution in [0.15, 0.2) is 60.7 Å². The first kappa shape index (κ1) is 17.0. The third-order valence-corrected chi connectivity index (χ3v) is 4.00. The number of aryl methyl sites for hydroxylation is 1. The van der Waals surface area contributed by atoms with E-state index in [0.29, 0.717) is 5.92 Å². The molecule has 4 heteroatoms. The van der Waals surface area contributed by atoms with Crippen LogP contribution in [0.4, 0.5) is 17.3 Å². The van der Waals surface area contributed by atoms with Crippen LogP contribution in [0.1, 0.15) is 36.7 Å². The van der Waals surface area contributed by atoms with Crippen LogP contribution < -0.4 is 10.6 Å². The number of anilines is 3. The van der Waals surface area contributed by atoms with Gasteiger partial charge in [0.1, 0.15) is 17.5 Å². The molecule has 0 aliphatic heterocycles. The summed E-state index contributed by atoms with van der Waals surface area (Å²) in [5.74, 6) is 2.81. The highest BCUT2D eigenvalue weighted by Crippen LogP contribution is 2.26. The maximum atomic E-state index is 4.52. The molecule has 3 rings (SSSR count). The second-order valence-corrected chi connectivity index (χ2v) is 6.39. The molecule has 25 heavy (non-hydrogen) atoms. The largest absolute Gasteiger partial charge is 0.366 e. The Labute approximate surface area is 149 Å². The van der Waals surface area contributed by atoms with Gasteiger partial charge in [-0.3, -0.25) is 0 Å². The summed E-state index contributed by atoms with van der Waals surface area (Å²) < 4.78 is 0. The van der Waals surface area contributed by atoms with Gasteiger partial charge in [-0.05, 0) is 30.0 Å². The van der Waals surface area contributed by atoms with Crippen molar-refractivity contribution in [2.24, 2.45) is 0 Å². The van der Waals surface area contributed by atoms with E-state index in [2.05, 4.69) is 64.8 Å². The van der Waals surface area contributed by atoms with Gasteiger partial charge in [0, 0.05) is 18.3 Å². The molecule has 1 aromatic heterocycles. The Balaban J connectivity index is 1.78. The number of rotatable bonds is 6. The third-order valence-electron chi connectivity index (χ3n) is 4.00. The summed E-state index contributed by atoms with van der Waals surface area (Å²) in [5.41, 5.74) is 3.58. The first-order valence-electron chi connectivity index (χ1n) is 8.61. The van der Waals surface area contributed by atoms with Crippen LogP contribution in [0.5, 0.6) is 0 Å². The molecule has 0 aliphatic carbocycles. The van der Waals surface area contributed by atoms with E-state index in [1.165, 1.54) is 11.1 Å². The zero-order valence-corrected chi connectivity index (χ0v) is 15.0. The van der Waals surface area contributed by atoms with Crippen LogP contribution in [0.2, 0.25) is 0 Å². The maximum Gasteiger partial charge on any atom is 0.136 e. The number of para-hydroxylation sites is 1. The van der Waals surface area contributed by atoms with Crippen molar-refractivity contribution in [1.82, 2.24) is 9.97 Å². The zero-order chi connectivity index (χ0) is 17.6. The molecule has 0 saturated heterocycles. The maximum absolute atomic E-state index is 4.52. The summed E-state index contributed by atoms with van der Waals surface area (Å²) in [7, 11) is 0. The van der Waals surface area contributed by atoms with E-state index in [0.717, 1.165) is 29.7 Å². The second kappa shape index (κ2) is 7.79. The molecule has 0 amide bonds. The number of nitrogens with zero attached hydrogens (tertiary/aromatic N) is 2. The summed E-state index contributed by atoms with van der Waals surface area (Å²) in [6, 6.07) is 20.6. The fourth-order valence-corrected chi connectivity index (χ4v) is 2.76. The SMILES string of the molecule is Cc1nc(NCc2ccccc2)cc(Nc2ccccc2C(C)C)n1. The fourth-order valence-electron chi connectivity index (χ4n) is 2.76. The average molecular weight is 332 g/mol. The highest BCUT2D eigenvalue weighted by Gasteiger charge is 2.08. The molecule has 4 nitrogen and oxygen atoms in total. The summed E-state index contributed by atoms with van der Waals surface area (Å²) in [6.45, 7) is 7.03. The second-order valence-electron chi connectivity index (χ2n) is 6.39. The van der Waals surface area contributed by atoms with Gasteiger partial charge in [0.05, 0.1) is 0 Å². The minimum Gasteiger partial charge on any atom is -0.366 e. The molecule has 2 aromatic carbocycles. The molecule has 0 unspecified atom stereocenters. The van der Waals surface area contributed by atoms with Gasteiger partial charge in [0.25, 0.3) is 0 Å². The third kappa shape index (κ3) is 4.57. The Hall–Kier alpha value is -2.88. The Morgan fingerprint density at radius 1 is 0.880 bits per heavy atom. The van der Waals surface area contributed by atoms with Crippen molar-refractivity contribution < 1.29 is 0 Å². The molecule has 128 valence electrons. The average Bonchev–Trinajstić information content (AvgIpc) is 2.61. The molecule has 0 aliphatic rings. The lowest BCUT2D eigenvalue weighted by atomic mass is 10.0. The zero-order valence-electron chi connectivity index (χ0n) is 15.0. The number of nitrogens with one attached hydrogen (secondary N) is 2. The van der Waals surface area contributed by atoms with Crippen molar-refractivity contribution in [3.63, 3.8) is 0 Å². The fraction of sp³-hybridized carbons (Fsp3) is 0.238. The Bertz CT molecular complexity index is 828. The minimum atomic E-state index is 0.447. The number of benzene rings is 2. The summed E-state index contributed by atoms with van der Waals surface area (Å²) in [6.07, 6.45) is 0. The molecule has 2 N–H and O–H groups in total. The van der Waals surface area contributed by atoms with Gasteiger partial charge in [-0.1, -0.05) is 62.4 Å². The summed E-state index contributed by atoms with van der Waals surface area (Å²) in [5, 5.41) is 6.82. The summed E-state index contributed by atoms with van der Waals surface area (Å²) in [4.78, 5) is 9.01. The molecule has 0 saturated carbocycles. The van der Waals surface area contributed by atoms with Crippen LogP contribution in [-0.2, 0) is 6.54 Å². The Kier molecular flexibility index (Phi) is 5.29. The molecular formula is C21H24N4. The van der Waals surface area contributed by atoms with Crippen LogP contribution in [-0.4, -0.2) is 9.97 Å². The van der Waals surface area contributed by atoms with Crippen LogP contribution in [0.3, 0.4) is 0 Å². The van der Waals surface area contributed by atoms with E-state index in [9.17, 15) is 0 Å². The molecule has 3 aromatic rings. The van der Waals surface area contributed by atoms with Gasteiger partial charge >= 0.3 is 0 Å². The lowest BCUT2D eigenvalue weighted by Crippen LogP contribution is -2.06. The Morgan fingerprint density at radius 2 is 1.56 bits per heavy atom. The lowest BCUT2D eigenvalue weighted by molar-refractivity contribution is 0.868. The van der Waals surface area contributed by atoms with Crippen molar-refractivity contribution in [3.05, 3.63) is 77.6 Å². The predicted octanol–water partition coefficient (Wildman–Crippen LogP) is 5.26. The van der Waals surface area contributed by atoms with Crippen LogP contribution in [0.25, 0.3) is 0 Å². The smallest absolute Gasteiger partial charge is 0.136 e. The number of aromatic nitrogens is 2.